The molecule has 0 unspecified atom stereocenters. The van der Waals surface area contributed by atoms with Gasteiger partial charge in [-0.25, -0.2) is 8.42 Å². The number of anilines is 1. The lowest BCUT2D eigenvalue weighted by atomic mass is 10.2. The number of para-hydroxylation sites is 1. The fourth-order valence-corrected chi connectivity index (χ4v) is 2.68. The zero-order valence-electron chi connectivity index (χ0n) is 12.3. The van der Waals surface area contributed by atoms with Crippen molar-refractivity contribution in [2.24, 2.45) is 5.92 Å². The predicted octanol–water partition coefficient (Wildman–Crippen LogP) is 1.41. The number of nitriles is 1. The van der Waals surface area contributed by atoms with Gasteiger partial charge in [0.15, 0.2) is 0 Å². The molecule has 1 aromatic carbocycles. The fourth-order valence-electron chi connectivity index (χ4n) is 1.76. The highest BCUT2D eigenvalue weighted by molar-refractivity contribution is 7.88. The molecule has 6 nitrogen and oxygen atoms in total. The van der Waals surface area contributed by atoms with Gasteiger partial charge < -0.3 is 5.32 Å². The van der Waals surface area contributed by atoms with Gasteiger partial charge in [-0.15, -0.1) is 0 Å². The summed E-state index contributed by atoms with van der Waals surface area (Å²) >= 11 is 0. The molecule has 21 heavy (non-hydrogen) atoms. The van der Waals surface area contributed by atoms with Gasteiger partial charge in [-0.2, -0.15) is 9.57 Å². The Labute approximate surface area is 125 Å². The first-order chi connectivity index (χ1) is 9.74. The van der Waals surface area contributed by atoms with Crippen molar-refractivity contribution in [1.82, 2.24) is 4.31 Å². The minimum Gasteiger partial charge on any atom is -0.324 e. The lowest BCUT2D eigenvalue weighted by molar-refractivity contribution is -0.116. The first kappa shape index (κ1) is 17.1. The molecule has 0 aromatic heterocycles. The van der Waals surface area contributed by atoms with Crippen LogP contribution in [0.15, 0.2) is 24.3 Å². The van der Waals surface area contributed by atoms with E-state index >= 15 is 0 Å². The van der Waals surface area contributed by atoms with E-state index in [1.165, 1.54) is 0 Å². The molecule has 0 atom stereocenters. The first-order valence-electron chi connectivity index (χ1n) is 6.48. The summed E-state index contributed by atoms with van der Waals surface area (Å²) in [4.78, 5) is 12.0. The molecule has 1 aromatic rings. The van der Waals surface area contributed by atoms with Gasteiger partial charge in [0.1, 0.15) is 6.07 Å². The molecule has 0 aliphatic heterocycles. The van der Waals surface area contributed by atoms with Gasteiger partial charge in [0.05, 0.1) is 24.1 Å². The molecule has 0 saturated heterocycles. The number of benzene rings is 1. The third kappa shape index (κ3) is 5.53. The van der Waals surface area contributed by atoms with Gasteiger partial charge in [-0.05, 0) is 18.1 Å². The van der Waals surface area contributed by atoms with Gasteiger partial charge in [0.25, 0.3) is 0 Å². The maximum atomic E-state index is 12.0. The second-order valence-electron chi connectivity index (χ2n) is 5.15. The van der Waals surface area contributed by atoms with Gasteiger partial charge in [-0.3, -0.25) is 4.79 Å². The van der Waals surface area contributed by atoms with Gasteiger partial charge in [0.2, 0.25) is 15.9 Å². The maximum absolute atomic E-state index is 12.0. The Hall–Kier alpha value is -1.91. The average Bonchev–Trinajstić information content (AvgIpc) is 2.37. The van der Waals surface area contributed by atoms with E-state index in [1.807, 2.05) is 19.9 Å². The minimum atomic E-state index is -3.46. The molecule has 7 heteroatoms. The number of carbonyl (C=O) groups excluding carboxylic acids is 1. The van der Waals surface area contributed by atoms with Crippen LogP contribution in [0.5, 0.6) is 0 Å². The summed E-state index contributed by atoms with van der Waals surface area (Å²) in [5.41, 5.74) is 0.712. The Morgan fingerprint density at radius 2 is 2.00 bits per heavy atom. The van der Waals surface area contributed by atoms with E-state index in [0.29, 0.717) is 11.3 Å². The van der Waals surface area contributed by atoms with Crippen molar-refractivity contribution in [3.63, 3.8) is 0 Å². The Balaban J connectivity index is 2.82. The summed E-state index contributed by atoms with van der Waals surface area (Å²) in [5, 5.41) is 11.5. The second kappa shape index (κ2) is 7.20. The van der Waals surface area contributed by atoms with E-state index in [2.05, 4.69) is 5.32 Å². The molecule has 0 aliphatic carbocycles. The first-order valence-corrected chi connectivity index (χ1v) is 8.33. The molecule has 1 N–H and O–H groups in total. The maximum Gasteiger partial charge on any atom is 0.239 e. The number of nitrogens with one attached hydrogen (secondary N) is 1. The number of rotatable bonds is 6. The van der Waals surface area contributed by atoms with Crippen LogP contribution in [-0.2, 0) is 14.8 Å². The van der Waals surface area contributed by atoms with E-state index in [9.17, 15) is 13.2 Å². The van der Waals surface area contributed by atoms with Crippen LogP contribution >= 0.6 is 0 Å². The highest BCUT2D eigenvalue weighted by Crippen LogP contribution is 2.14. The van der Waals surface area contributed by atoms with E-state index in [1.54, 1.807) is 24.3 Å². The second-order valence-corrected chi connectivity index (χ2v) is 7.14. The van der Waals surface area contributed by atoms with Gasteiger partial charge in [-0.1, -0.05) is 26.0 Å². The zero-order valence-corrected chi connectivity index (χ0v) is 13.1. The third-order valence-corrected chi connectivity index (χ3v) is 3.90. The van der Waals surface area contributed by atoms with E-state index in [-0.39, 0.29) is 19.0 Å². The van der Waals surface area contributed by atoms with E-state index in [0.717, 1.165) is 10.6 Å². The normalized spacial score (nSPS) is 11.4. The van der Waals surface area contributed by atoms with Crippen LogP contribution < -0.4 is 5.32 Å². The monoisotopic (exact) mass is 309 g/mol. The Kier molecular flexibility index (Phi) is 5.88. The van der Waals surface area contributed by atoms with Gasteiger partial charge in [0, 0.05) is 6.54 Å². The molecule has 0 aliphatic rings. The zero-order chi connectivity index (χ0) is 16.0. The third-order valence-electron chi connectivity index (χ3n) is 2.68. The molecule has 1 rings (SSSR count). The highest BCUT2D eigenvalue weighted by Gasteiger charge is 2.21. The molecule has 114 valence electrons. The molecule has 0 spiro atoms. The van der Waals surface area contributed by atoms with Crippen LogP contribution in [0.3, 0.4) is 0 Å². The number of carbonyl (C=O) groups is 1. The summed E-state index contributed by atoms with van der Waals surface area (Å²) in [7, 11) is -3.46. The Bertz CT molecular complexity index is 648. The lowest BCUT2D eigenvalue weighted by Gasteiger charge is -2.21. The summed E-state index contributed by atoms with van der Waals surface area (Å²) < 4.78 is 24.5. The predicted molar refractivity (Wildman–Crippen MR) is 81.0 cm³/mol. The Morgan fingerprint density at radius 3 is 2.52 bits per heavy atom. The molecular formula is C14H19N3O3S. The number of sulfonamides is 1. The molecule has 0 saturated carbocycles. The van der Waals surface area contributed by atoms with Crippen LogP contribution in [0.1, 0.15) is 19.4 Å². The standard InChI is InChI=1S/C14H19N3O3S/c1-11(2)9-17(21(3,19)20)10-14(18)16-13-7-5-4-6-12(13)8-15/h4-7,11H,9-10H2,1-3H3,(H,16,18). The van der Waals surface area contributed by atoms with Crippen LogP contribution in [0.25, 0.3) is 0 Å². The summed E-state index contributed by atoms with van der Waals surface area (Å²) in [6.45, 7) is 3.76. The number of amides is 1. The minimum absolute atomic E-state index is 0.110. The van der Waals surface area contributed by atoms with Crippen LogP contribution in [0, 0.1) is 17.2 Å². The van der Waals surface area contributed by atoms with Crippen molar-refractivity contribution in [3.05, 3.63) is 29.8 Å². The smallest absolute Gasteiger partial charge is 0.239 e. The van der Waals surface area contributed by atoms with Crippen molar-refractivity contribution in [3.8, 4) is 6.07 Å². The fraction of sp³-hybridized carbons (Fsp3) is 0.429. The van der Waals surface area contributed by atoms with Crippen molar-refractivity contribution in [1.29, 1.82) is 5.26 Å². The largest absolute Gasteiger partial charge is 0.324 e. The summed E-state index contributed by atoms with van der Waals surface area (Å²) in [6, 6.07) is 8.54. The van der Waals surface area contributed by atoms with E-state index < -0.39 is 15.9 Å². The van der Waals surface area contributed by atoms with Crippen molar-refractivity contribution < 1.29 is 13.2 Å². The topological polar surface area (TPSA) is 90.3 Å². The molecule has 0 radical (unpaired) electrons. The van der Waals surface area contributed by atoms with Crippen molar-refractivity contribution in [2.75, 3.05) is 24.7 Å². The Morgan fingerprint density at radius 1 is 1.38 bits per heavy atom. The summed E-state index contributed by atoms with van der Waals surface area (Å²) in [5.74, 6) is -0.359. The molecule has 1 amide bonds. The molecule has 0 heterocycles. The van der Waals surface area contributed by atoms with Gasteiger partial charge >= 0.3 is 0 Å². The number of nitrogens with zero attached hydrogens (tertiary/aromatic N) is 2. The average molecular weight is 309 g/mol. The SMILES string of the molecule is CC(C)CN(CC(=O)Nc1ccccc1C#N)S(C)(=O)=O. The molecule has 0 fully saturated rings. The molecule has 0 bridgehead atoms. The van der Waals surface area contributed by atoms with Crippen molar-refractivity contribution >= 4 is 21.6 Å². The number of hydrogen-bond donors (Lipinski definition) is 1. The van der Waals surface area contributed by atoms with E-state index in [4.69, 9.17) is 5.26 Å². The van der Waals surface area contributed by atoms with Crippen LogP contribution in [-0.4, -0.2) is 38.0 Å². The van der Waals surface area contributed by atoms with Crippen molar-refractivity contribution in [2.45, 2.75) is 13.8 Å². The number of hydrogen-bond acceptors (Lipinski definition) is 4. The lowest BCUT2D eigenvalue weighted by Crippen LogP contribution is -2.39. The van der Waals surface area contributed by atoms with Crippen LogP contribution in [0.4, 0.5) is 5.69 Å². The molecular weight excluding hydrogens is 290 g/mol. The quantitative estimate of drug-likeness (QED) is 0.860. The highest BCUT2D eigenvalue weighted by atomic mass is 32.2. The summed E-state index contributed by atoms with van der Waals surface area (Å²) in [6.07, 6.45) is 1.08. The van der Waals surface area contributed by atoms with Crippen LogP contribution in [0.2, 0.25) is 0 Å².